The maximum atomic E-state index is 13.5. The first-order chi connectivity index (χ1) is 11.5. The molecule has 0 radical (unpaired) electrons. The van der Waals surface area contributed by atoms with E-state index in [1.165, 1.54) is 25.3 Å². The van der Waals surface area contributed by atoms with E-state index in [0.29, 0.717) is 42.1 Å². The summed E-state index contributed by atoms with van der Waals surface area (Å²) >= 11 is 0. The SMILES string of the molecule is COc1ccc(F)cc1C(O)CN1CCc2c([nH]c(=O)[nH]c2=O)C1. The van der Waals surface area contributed by atoms with Gasteiger partial charge in [0.2, 0.25) is 0 Å². The summed E-state index contributed by atoms with van der Waals surface area (Å²) in [5, 5.41) is 10.4. The van der Waals surface area contributed by atoms with Crippen molar-refractivity contribution in [1.29, 1.82) is 0 Å². The van der Waals surface area contributed by atoms with Crippen LogP contribution in [0.1, 0.15) is 22.9 Å². The molecule has 0 saturated heterocycles. The molecule has 3 N–H and O–H groups in total. The van der Waals surface area contributed by atoms with Gasteiger partial charge in [-0.15, -0.1) is 0 Å². The Labute approximate surface area is 136 Å². The molecule has 24 heavy (non-hydrogen) atoms. The number of fused-ring (bicyclic) bond motifs is 1. The van der Waals surface area contributed by atoms with E-state index in [1.54, 1.807) is 0 Å². The molecule has 0 saturated carbocycles. The van der Waals surface area contributed by atoms with E-state index in [9.17, 15) is 19.1 Å². The summed E-state index contributed by atoms with van der Waals surface area (Å²) in [7, 11) is 1.46. The minimum Gasteiger partial charge on any atom is -0.496 e. The number of ether oxygens (including phenoxy) is 1. The normalized spacial score (nSPS) is 15.8. The predicted molar refractivity (Wildman–Crippen MR) is 84.6 cm³/mol. The fourth-order valence-corrected chi connectivity index (χ4v) is 3.00. The molecule has 2 aromatic rings. The van der Waals surface area contributed by atoms with Crippen molar-refractivity contribution >= 4 is 0 Å². The molecule has 2 heterocycles. The number of aliphatic hydroxyl groups excluding tert-OH is 1. The van der Waals surface area contributed by atoms with Gasteiger partial charge in [0.05, 0.1) is 13.2 Å². The van der Waals surface area contributed by atoms with Crippen molar-refractivity contribution in [2.24, 2.45) is 0 Å². The van der Waals surface area contributed by atoms with Crippen LogP contribution in [-0.2, 0) is 13.0 Å². The number of aromatic nitrogens is 2. The second-order valence-electron chi connectivity index (χ2n) is 5.75. The monoisotopic (exact) mass is 335 g/mol. The summed E-state index contributed by atoms with van der Waals surface area (Å²) < 4.78 is 18.6. The Hall–Kier alpha value is -2.45. The Bertz CT molecular complexity index is 861. The number of β-amino-alcohol motifs (C(OH)–C–C–N with tert-alkyl or cyclic N) is 1. The van der Waals surface area contributed by atoms with Crippen LogP contribution in [0.25, 0.3) is 0 Å². The summed E-state index contributed by atoms with van der Waals surface area (Å²) in [6, 6.07) is 3.98. The van der Waals surface area contributed by atoms with Crippen molar-refractivity contribution in [3.8, 4) is 5.75 Å². The molecule has 128 valence electrons. The molecule has 1 unspecified atom stereocenters. The molecular weight excluding hydrogens is 317 g/mol. The molecule has 0 fully saturated rings. The molecule has 1 aliphatic heterocycles. The van der Waals surface area contributed by atoms with E-state index in [0.717, 1.165) is 0 Å². The highest BCUT2D eigenvalue weighted by Gasteiger charge is 2.23. The minimum atomic E-state index is -0.953. The number of nitrogens with zero attached hydrogens (tertiary/aromatic N) is 1. The van der Waals surface area contributed by atoms with Gasteiger partial charge in [-0.2, -0.15) is 0 Å². The number of benzene rings is 1. The molecule has 0 bridgehead atoms. The lowest BCUT2D eigenvalue weighted by Gasteiger charge is -2.29. The first kappa shape index (κ1) is 16.4. The van der Waals surface area contributed by atoms with Crippen LogP contribution in [0, 0.1) is 5.82 Å². The van der Waals surface area contributed by atoms with Gasteiger partial charge in [0.1, 0.15) is 11.6 Å². The molecular formula is C16H18FN3O4. The van der Waals surface area contributed by atoms with Crippen LogP contribution < -0.4 is 16.0 Å². The van der Waals surface area contributed by atoms with E-state index in [-0.39, 0.29) is 12.1 Å². The van der Waals surface area contributed by atoms with Crippen LogP contribution in [0.5, 0.6) is 5.75 Å². The molecule has 0 aliphatic carbocycles. The van der Waals surface area contributed by atoms with Crippen LogP contribution >= 0.6 is 0 Å². The molecule has 0 spiro atoms. The van der Waals surface area contributed by atoms with Crippen LogP contribution in [0.2, 0.25) is 0 Å². The molecule has 3 rings (SSSR count). The second kappa shape index (κ2) is 6.58. The Balaban J connectivity index is 1.79. The third-order valence-electron chi connectivity index (χ3n) is 4.17. The van der Waals surface area contributed by atoms with Crippen LogP contribution in [0.15, 0.2) is 27.8 Å². The first-order valence-corrected chi connectivity index (χ1v) is 7.56. The first-order valence-electron chi connectivity index (χ1n) is 7.56. The van der Waals surface area contributed by atoms with Gasteiger partial charge in [-0.1, -0.05) is 0 Å². The average molecular weight is 335 g/mol. The third kappa shape index (κ3) is 3.24. The zero-order valence-electron chi connectivity index (χ0n) is 13.1. The molecule has 1 aromatic heterocycles. The van der Waals surface area contributed by atoms with Gasteiger partial charge < -0.3 is 14.8 Å². The van der Waals surface area contributed by atoms with E-state index in [1.807, 2.05) is 4.90 Å². The number of aromatic amines is 2. The van der Waals surface area contributed by atoms with E-state index >= 15 is 0 Å². The third-order valence-corrected chi connectivity index (χ3v) is 4.17. The molecule has 0 amide bonds. The van der Waals surface area contributed by atoms with E-state index < -0.39 is 17.6 Å². The summed E-state index contributed by atoms with van der Waals surface area (Å²) in [6.45, 7) is 1.12. The number of methoxy groups -OCH3 is 1. The number of nitrogens with one attached hydrogen (secondary N) is 2. The zero-order valence-corrected chi connectivity index (χ0v) is 13.1. The highest BCUT2D eigenvalue weighted by molar-refractivity contribution is 5.36. The average Bonchev–Trinajstić information content (AvgIpc) is 2.54. The summed E-state index contributed by atoms with van der Waals surface area (Å²) in [5.74, 6) is -0.0455. The second-order valence-corrected chi connectivity index (χ2v) is 5.75. The zero-order chi connectivity index (χ0) is 17.3. The fourth-order valence-electron chi connectivity index (χ4n) is 3.00. The van der Waals surface area contributed by atoms with Crippen LogP contribution in [0.4, 0.5) is 4.39 Å². The van der Waals surface area contributed by atoms with Gasteiger partial charge >= 0.3 is 5.69 Å². The maximum Gasteiger partial charge on any atom is 0.325 e. The summed E-state index contributed by atoms with van der Waals surface area (Å²) in [5.41, 5.74) is 0.550. The molecule has 7 nitrogen and oxygen atoms in total. The van der Waals surface area contributed by atoms with Gasteiger partial charge in [0.25, 0.3) is 5.56 Å². The smallest absolute Gasteiger partial charge is 0.325 e. The number of hydrogen-bond donors (Lipinski definition) is 3. The Morgan fingerprint density at radius 1 is 1.38 bits per heavy atom. The van der Waals surface area contributed by atoms with Gasteiger partial charge in [0, 0.05) is 36.5 Å². The molecule has 1 aromatic carbocycles. The highest BCUT2D eigenvalue weighted by Crippen LogP contribution is 2.27. The number of aliphatic hydroxyl groups is 1. The van der Waals surface area contributed by atoms with Gasteiger partial charge in [-0.3, -0.25) is 14.7 Å². The van der Waals surface area contributed by atoms with Crippen molar-refractivity contribution in [2.75, 3.05) is 20.2 Å². The lowest BCUT2D eigenvalue weighted by Crippen LogP contribution is -2.40. The topological polar surface area (TPSA) is 98.4 Å². The molecule has 8 heteroatoms. The van der Waals surface area contributed by atoms with E-state index in [2.05, 4.69) is 9.97 Å². The van der Waals surface area contributed by atoms with Crippen LogP contribution in [0.3, 0.4) is 0 Å². The van der Waals surface area contributed by atoms with Gasteiger partial charge in [-0.25, -0.2) is 9.18 Å². The summed E-state index contributed by atoms with van der Waals surface area (Å²) in [6.07, 6.45) is -0.486. The van der Waals surface area contributed by atoms with Gasteiger partial charge in [0.15, 0.2) is 0 Å². The number of rotatable bonds is 4. The number of halogens is 1. The summed E-state index contributed by atoms with van der Waals surface area (Å²) in [4.78, 5) is 29.9. The Kier molecular flexibility index (Phi) is 4.50. The predicted octanol–water partition coefficient (Wildman–Crippen LogP) is 0.303. The lowest BCUT2D eigenvalue weighted by atomic mass is 10.0. The Morgan fingerprint density at radius 3 is 2.92 bits per heavy atom. The number of hydrogen-bond acceptors (Lipinski definition) is 5. The van der Waals surface area contributed by atoms with Gasteiger partial charge in [-0.05, 0) is 24.6 Å². The van der Waals surface area contributed by atoms with Crippen molar-refractivity contribution < 1.29 is 14.2 Å². The van der Waals surface area contributed by atoms with Crippen molar-refractivity contribution in [3.05, 3.63) is 61.7 Å². The van der Waals surface area contributed by atoms with E-state index in [4.69, 9.17) is 4.74 Å². The maximum absolute atomic E-state index is 13.5. The van der Waals surface area contributed by atoms with Crippen molar-refractivity contribution in [1.82, 2.24) is 14.9 Å². The highest BCUT2D eigenvalue weighted by atomic mass is 19.1. The standard InChI is InChI=1S/C16H18FN3O4/c1-24-14-3-2-9(17)6-11(14)13(21)8-20-5-4-10-12(7-20)18-16(23)19-15(10)22/h2-3,6,13,21H,4-5,7-8H2,1H3,(H2,18,19,22,23). The molecule has 1 aliphatic rings. The quantitative estimate of drug-likeness (QED) is 0.747. The Morgan fingerprint density at radius 2 is 2.17 bits per heavy atom. The largest absolute Gasteiger partial charge is 0.496 e. The van der Waals surface area contributed by atoms with Crippen molar-refractivity contribution in [3.63, 3.8) is 0 Å². The van der Waals surface area contributed by atoms with Crippen LogP contribution in [-0.4, -0.2) is 40.2 Å². The number of H-pyrrole nitrogens is 2. The minimum absolute atomic E-state index is 0.230. The van der Waals surface area contributed by atoms with Crippen molar-refractivity contribution in [2.45, 2.75) is 19.1 Å². The lowest BCUT2D eigenvalue weighted by molar-refractivity contribution is 0.102. The molecule has 1 atom stereocenters. The fraction of sp³-hybridized carbons (Fsp3) is 0.375.